The predicted octanol–water partition coefficient (Wildman–Crippen LogP) is 2.71. The summed E-state index contributed by atoms with van der Waals surface area (Å²) in [6.07, 6.45) is 6.17. The Hall–Kier alpha value is -1.79. The Morgan fingerprint density at radius 1 is 1.11 bits per heavy atom. The standard InChI is InChI=1S/C22H33N3O3/c1-17(22(26)23(2)19-6-4-3-5-7-19)25-12-10-24(11-13-25)15-18-8-9-20-21(14-18)28-16-27-20/h8-9,14,17,19H,3-7,10-13,15-16H2,1-2H3/t17-/m1/s1. The summed E-state index contributed by atoms with van der Waals surface area (Å²) in [5.74, 6) is 1.97. The molecule has 2 fully saturated rings. The number of hydrogen-bond acceptors (Lipinski definition) is 5. The van der Waals surface area contributed by atoms with Crippen LogP contribution in [-0.2, 0) is 11.3 Å². The first kappa shape index (κ1) is 19.5. The fourth-order valence-corrected chi connectivity index (χ4v) is 4.71. The first-order chi connectivity index (χ1) is 13.6. The number of fused-ring (bicyclic) bond motifs is 1. The molecular formula is C22H33N3O3. The van der Waals surface area contributed by atoms with Gasteiger partial charge in [-0.25, -0.2) is 0 Å². The van der Waals surface area contributed by atoms with Gasteiger partial charge in [-0.15, -0.1) is 0 Å². The highest BCUT2D eigenvalue weighted by molar-refractivity contribution is 5.81. The molecule has 6 heteroatoms. The van der Waals surface area contributed by atoms with Crippen LogP contribution in [0, 0.1) is 0 Å². The van der Waals surface area contributed by atoms with Crippen LogP contribution in [0.3, 0.4) is 0 Å². The van der Waals surface area contributed by atoms with Crippen molar-refractivity contribution in [2.75, 3.05) is 40.0 Å². The van der Waals surface area contributed by atoms with Gasteiger partial charge in [-0.2, -0.15) is 0 Å². The number of ether oxygens (including phenoxy) is 2. The summed E-state index contributed by atoms with van der Waals surface area (Å²) in [6, 6.07) is 6.61. The largest absolute Gasteiger partial charge is 0.454 e. The van der Waals surface area contributed by atoms with Crippen LogP contribution in [0.2, 0.25) is 0 Å². The molecule has 1 atom stereocenters. The molecule has 1 amide bonds. The van der Waals surface area contributed by atoms with Gasteiger partial charge in [-0.3, -0.25) is 14.6 Å². The van der Waals surface area contributed by atoms with Gasteiger partial charge >= 0.3 is 0 Å². The zero-order valence-corrected chi connectivity index (χ0v) is 17.2. The minimum Gasteiger partial charge on any atom is -0.454 e. The van der Waals surface area contributed by atoms with E-state index in [9.17, 15) is 4.79 Å². The van der Waals surface area contributed by atoms with Crippen LogP contribution in [0.5, 0.6) is 11.5 Å². The maximum atomic E-state index is 13.0. The second-order valence-corrected chi connectivity index (χ2v) is 8.42. The summed E-state index contributed by atoms with van der Waals surface area (Å²) in [7, 11) is 2.00. The maximum Gasteiger partial charge on any atom is 0.239 e. The van der Waals surface area contributed by atoms with Crippen LogP contribution in [0.4, 0.5) is 0 Å². The average Bonchev–Trinajstić information content (AvgIpc) is 3.21. The van der Waals surface area contributed by atoms with E-state index < -0.39 is 0 Å². The van der Waals surface area contributed by atoms with Crippen LogP contribution in [0.1, 0.15) is 44.6 Å². The Labute approximate surface area is 168 Å². The van der Waals surface area contributed by atoms with Gasteiger partial charge in [0.25, 0.3) is 0 Å². The minimum absolute atomic E-state index is 0.0281. The Morgan fingerprint density at radius 3 is 2.57 bits per heavy atom. The van der Waals surface area contributed by atoms with Gasteiger partial charge in [0.2, 0.25) is 12.7 Å². The molecule has 0 unspecified atom stereocenters. The third kappa shape index (κ3) is 4.28. The van der Waals surface area contributed by atoms with Crippen molar-refractivity contribution in [2.24, 2.45) is 0 Å². The molecule has 1 aromatic carbocycles. The molecule has 2 heterocycles. The van der Waals surface area contributed by atoms with Crippen molar-refractivity contribution >= 4 is 5.91 Å². The van der Waals surface area contributed by atoms with E-state index >= 15 is 0 Å². The molecule has 1 saturated carbocycles. The van der Waals surface area contributed by atoms with Gasteiger partial charge in [-0.05, 0) is 37.5 Å². The lowest BCUT2D eigenvalue weighted by atomic mass is 9.94. The van der Waals surface area contributed by atoms with E-state index in [0.29, 0.717) is 12.8 Å². The van der Waals surface area contributed by atoms with E-state index in [1.54, 1.807) is 0 Å². The molecule has 6 nitrogen and oxygen atoms in total. The molecular weight excluding hydrogens is 354 g/mol. The molecule has 0 spiro atoms. The van der Waals surface area contributed by atoms with E-state index in [0.717, 1.165) is 57.1 Å². The molecule has 1 aliphatic carbocycles. The second kappa shape index (κ2) is 8.70. The number of carbonyl (C=O) groups excluding carboxylic acids is 1. The molecule has 0 radical (unpaired) electrons. The summed E-state index contributed by atoms with van der Waals surface area (Å²) < 4.78 is 10.9. The number of amides is 1. The van der Waals surface area contributed by atoms with Crippen LogP contribution in [0.25, 0.3) is 0 Å². The van der Waals surface area contributed by atoms with Crippen molar-refractivity contribution in [2.45, 2.75) is 57.7 Å². The van der Waals surface area contributed by atoms with Gasteiger partial charge in [-0.1, -0.05) is 25.3 Å². The topological polar surface area (TPSA) is 45.3 Å². The Balaban J connectivity index is 1.26. The lowest BCUT2D eigenvalue weighted by Crippen LogP contribution is -2.55. The number of piperazine rings is 1. The molecule has 2 aliphatic heterocycles. The van der Waals surface area contributed by atoms with Crippen LogP contribution >= 0.6 is 0 Å². The normalized spacial score (nSPS) is 22.2. The van der Waals surface area contributed by atoms with Crippen molar-refractivity contribution in [3.05, 3.63) is 23.8 Å². The van der Waals surface area contributed by atoms with E-state index in [1.165, 1.54) is 24.8 Å². The summed E-state index contributed by atoms with van der Waals surface area (Å²) in [4.78, 5) is 19.8. The zero-order valence-electron chi connectivity index (χ0n) is 17.2. The lowest BCUT2D eigenvalue weighted by Gasteiger charge is -2.40. The molecule has 3 aliphatic rings. The highest BCUT2D eigenvalue weighted by atomic mass is 16.7. The van der Waals surface area contributed by atoms with Crippen molar-refractivity contribution in [1.82, 2.24) is 14.7 Å². The van der Waals surface area contributed by atoms with Crippen molar-refractivity contribution in [3.8, 4) is 11.5 Å². The van der Waals surface area contributed by atoms with Gasteiger partial charge in [0.05, 0.1) is 6.04 Å². The predicted molar refractivity (Wildman–Crippen MR) is 109 cm³/mol. The molecule has 4 rings (SSSR count). The molecule has 0 bridgehead atoms. The molecule has 0 N–H and O–H groups in total. The fourth-order valence-electron chi connectivity index (χ4n) is 4.71. The van der Waals surface area contributed by atoms with E-state index in [4.69, 9.17) is 9.47 Å². The molecule has 154 valence electrons. The fraction of sp³-hybridized carbons (Fsp3) is 0.682. The number of benzene rings is 1. The number of carbonyl (C=O) groups is 1. The Bertz CT molecular complexity index is 682. The smallest absolute Gasteiger partial charge is 0.239 e. The van der Waals surface area contributed by atoms with Crippen LogP contribution in [-0.4, -0.2) is 72.7 Å². The second-order valence-electron chi connectivity index (χ2n) is 8.42. The first-order valence-electron chi connectivity index (χ1n) is 10.7. The van der Waals surface area contributed by atoms with Gasteiger partial charge in [0.15, 0.2) is 11.5 Å². The summed E-state index contributed by atoms with van der Waals surface area (Å²) >= 11 is 0. The number of rotatable bonds is 5. The van der Waals surface area contributed by atoms with E-state index in [2.05, 4.69) is 28.9 Å². The number of likely N-dealkylation sites (N-methyl/N-ethyl adjacent to an activating group) is 1. The number of hydrogen-bond donors (Lipinski definition) is 0. The van der Waals surface area contributed by atoms with Gasteiger partial charge in [0.1, 0.15) is 0 Å². The third-order valence-electron chi connectivity index (χ3n) is 6.63. The average molecular weight is 388 g/mol. The first-order valence-corrected chi connectivity index (χ1v) is 10.7. The number of nitrogens with zero attached hydrogens (tertiary/aromatic N) is 3. The van der Waals surface area contributed by atoms with E-state index in [1.807, 2.05) is 18.0 Å². The molecule has 1 aromatic rings. The van der Waals surface area contributed by atoms with Crippen LogP contribution < -0.4 is 9.47 Å². The minimum atomic E-state index is -0.0281. The molecule has 28 heavy (non-hydrogen) atoms. The molecule has 0 aromatic heterocycles. The zero-order chi connectivity index (χ0) is 19.5. The monoisotopic (exact) mass is 387 g/mol. The summed E-state index contributed by atoms with van der Waals surface area (Å²) in [5.41, 5.74) is 1.25. The SMILES string of the molecule is C[C@H](C(=O)N(C)C1CCCCC1)N1CCN(Cc2ccc3c(c2)OCO3)CC1. The lowest BCUT2D eigenvalue weighted by molar-refractivity contribution is -0.138. The quantitative estimate of drug-likeness (QED) is 0.777. The third-order valence-corrected chi connectivity index (χ3v) is 6.63. The van der Waals surface area contributed by atoms with Crippen LogP contribution in [0.15, 0.2) is 18.2 Å². The van der Waals surface area contributed by atoms with Gasteiger partial charge in [0, 0.05) is 45.8 Å². The van der Waals surface area contributed by atoms with Gasteiger partial charge < -0.3 is 14.4 Å². The Morgan fingerprint density at radius 2 is 1.82 bits per heavy atom. The van der Waals surface area contributed by atoms with E-state index in [-0.39, 0.29) is 11.9 Å². The summed E-state index contributed by atoms with van der Waals surface area (Å²) in [6.45, 7) is 7.16. The summed E-state index contributed by atoms with van der Waals surface area (Å²) in [5, 5.41) is 0. The van der Waals surface area contributed by atoms with Crippen molar-refractivity contribution in [1.29, 1.82) is 0 Å². The van der Waals surface area contributed by atoms with Crippen molar-refractivity contribution < 1.29 is 14.3 Å². The highest BCUT2D eigenvalue weighted by Gasteiger charge is 2.30. The van der Waals surface area contributed by atoms with Crippen molar-refractivity contribution in [3.63, 3.8) is 0 Å². The molecule has 1 saturated heterocycles. The highest BCUT2D eigenvalue weighted by Crippen LogP contribution is 2.33. The maximum absolute atomic E-state index is 13.0. The Kier molecular flexibility index (Phi) is 6.07.